The summed E-state index contributed by atoms with van der Waals surface area (Å²) >= 11 is 5.79. The van der Waals surface area contributed by atoms with Crippen LogP contribution in [0, 0.1) is 0 Å². The molecule has 22 heavy (non-hydrogen) atoms. The highest BCUT2D eigenvalue weighted by Gasteiger charge is 2.31. The molecule has 0 saturated carbocycles. The lowest BCUT2D eigenvalue weighted by molar-refractivity contribution is -0.274. The Bertz CT molecular complexity index is 633. The van der Waals surface area contributed by atoms with Crippen LogP contribution >= 0.6 is 24.0 Å². The number of hydrogen-bond acceptors (Lipinski definition) is 3. The van der Waals surface area contributed by atoms with Crippen LogP contribution in [0.4, 0.5) is 13.2 Å². The van der Waals surface area contributed by atoms with E-state index in [-0.39, 0.29) is 28.9 Å². The molecule has 2 rings (SSSR count). The highest BCUT2D eigenvalue weighted by atomic mass is 35.5. The van der Waals surface area contributed by atoms with Gasteiger partial charge in [0.15, 0.2) is 0 Å². The molecule has 0 aliphatic carbocycles. The third kappa shape index (κ3) is 4.43. The van der Waals surface area contributed by atoms with Crippen molar-refractivity contribution < 1.29 is 23.0 Å². The number of phenols is 1. The van der Waals surface area contributed by atoms with Crippen molar-refractivity contribution >= 4 is 24.0 Å². The number of hydrogen-bond donors (Lipinski definition) is 2. The number of alkyl halides is 3. The van der Waals surface area contributed by atoms with Gasteiger partial charge in [-0.3, -0.25) is 0 Å². The Labute approximate surface area is 135 Å². The van der Waals surface area contributed by atoms with Crippen molar-refractivity contribution in [1.29, 1.82) is 0 Å². The maximum absolute atomic E-state index is 12.1. The third-order valence-corrected chi connectivity index (χ3v) is 3.13. The van der Waals surface area contributed by atoms with Crippen LogP contribution in [0.3, 0.4) is 0 Å². The SMILES string of the molecule is Cl.N[C@H](c1ccc(OC(F)(F)F)cc1)c1cccc(Cl)c1O. The van der Waals surface area contributed by atoms with Crippen molar-refractivity contribution in [3.63, 3.8) is 0 Å². The number of para-hydroxylation sites is 1. The molecule has 2 aromatic carbocycles. The molecule has 3 nitrogen and oxygen atoms in total. The van der Waals surface area contributed by atoms with Gasteiger partial charge in [0.1, 0.15) is 11.5 Å². The molecule has 0 spiro atoms. The highest BCUT2D eigenvalue weighted by Crippen LogP contribution is 2.34. The minimum absolute atomic E-state index is 0. The Balaban J connectivity index is 0.00000242. The molecule has 2 aromatic rings. The minimum Gasteiger partial charge on any atom is -0.506 e. The summed E-state index contributed by atoms with van der Waals surface area (Å²) in [5.74, 6) is -0.490. The Morgan fingerprint density at radius 3 is 2.23 bits per heavy atom. The van der Waals surface area contributed by atoms with E-state index >= 15 is 0 Å². The third-order valence-electron chi connectivity index (χ3n) is 2.83. The monoisotopic (exact) mass is 353 g/mol. The molecule has 0 aromatic heterocycles. The fourth-order valence-electron chi connectivity index (χ4n) is 1.84. The second-order valence-corrected chi connectivity index (χ2v) is 4.68. The van der Waals surface area contributed by atoms with E-state index in [0.29, 0.717) is 11.1 Å². The summed E-state index contributed by atoms with van der Waals surface area (Å²) in [5, 5.41) is 10.0. The summed E-state index contributed by atoms with van der Waals surface area (Å²) in [4.78, 5) is 0. The summed E-state index contributed by atoms with van der Waals surface area (Å²) < 4.78 is 40.0. The number of benzene rings is 2. The van der Waals surface area contributed by atoms with Crippen molar-refractivity contribution in [3.05, 3.63) is 58.6 Å². The molecule has 0 fully saturated rings. The number of ether oxygens (including phenoxy) is 1. The molecule has 0 aliphatic heterocycles. The van der Waals surface area contributed by atoms with E-state index in [9.17, 15) is 18.3 Å². The van der Waals surface area contributed by atoms with Crippen molar-refractivity contribution in [2.75, 3.05) is 0 Å². The smallest absolute Gasteiger partial charge is 0.506 e. The maximum Gasteiger partial charge on any atom is 0.573 e. The van der Waals surface area contributed by atoms with Gasteiger partial charge in [0.05, 0.1) is 11.1 Å². The van der Waals surface area contributed by atoms with Gasteiger partial charge >= 0.3 is 6.36 Å². The van der Waals surface area contributed by atoms with Gasteiger partial charge in [-0.05, 0) is 23.8 Å². The zero-order valence-electron chi connectivity index (χ0n) is 11.0. The summed E-state index contributed by atoms with van der Waals surface area (Å²) in [7, 11) is 0. The largest absolute Gasteiger partial charge is 0.573 e. The number of nitrogens with two attached hydrogens (primary N) is 1. The van der Waals surface area contributed by atoms with Crippen LogP contribution in [0.2, 0.25) is 5.02 Å². The first-order valence-corrected chi connectivity index (χ1v) is 6.24. The van der Waals surface area contributed by atoms with Gasteiger partial charge in [-0.2, -0.15) is 0 Å². The number of halogens is 5. The summed E-state index contributed by atoms with van der Waals surface area (Å²) in [6.07, 6.45) is -4.74. The van der Waals surface area contributed by atoms with Crippen molar-refractivity contribution in [3.8, 4) is 11.5 Å². The first-order valence-electron chi connectivity index (χ1n) is 5.86. The lowest BCUT2D eigenvalue weighted by atomic mass is 9.99. The molecule has 1 atom stereocenters. The van der Waals surface area contributed by atoms with Gasteiger partial charge in [0.25, 0.3) is 0 Å². The van der Waals surface area contributed by atoms with Crippen molar-refractivity contribution in [2.45, 2.75) is 12.4 Å². The Kier molecular flexibility index (Phi) is 5.93. The van der Waals surface area contributed by atoms with E-state index < -0.39 is 12.4 Å². The molecular formula is C14H12Cl2F3NO2. The molecule has 0 bridgehead atoms. The number of aromatic hydroxyl groups is 1. The Hall–Kier alpha value is -1.63. The van der Waals surface area contributed by atoms with E-state index in [4.69, 9.17) is 17.3 Å². The molecule has 0 heterocycles. The average Bonchev–Trinajstić information content (AvgIpc) is 2.40. The second kappa shape index (κ2) is 7.09. The van der Waals surface area contributed by atoms with Gasteiger partial charge in [-0.25, -0.2) is 0 Å². The minimum atomic E-state index is -4.74. The number of phenolic OH excluding ortho intramolecular Hbond substituents is 1. The van der Waals surface area contributed by atoms with Crippen LogP contribution in [0.15, 0.2) is 42.5 Å². The van der Waals surface area contributed by atoms with E-state index in [0.717, 1.165) is 12.1 Å². The van der Waals surface area contributed by atoms with E-state index in [1.165, 1.54) is 18.2 Å². The fourth-order valence-corrected chi connectivity index (χ4v) is 2.02. The predicted octanol–water partition coefficient (Wildman–Crippen LogP) is 4.41. The molecule has 8 heteroatoms. The fraction of sp³-hybridized carbons (Fsp3) is 0.143. The second-order valence-electron chi connectivity index (χ2n) is 4.27. The van der Waals surface area contributed by atoms with Crippen LogP contribution in [0.1, 0.15) is 17.2 Å². The molecule has 0 saturated heterocycles. The number of rotatable bonds is 3. The lowest BCUT2D eigenvalue weighted by Gasteiger charge is -2.15. The molecular weight excluding hydrogens is 342 g/mol. The first kappa shape index (κ1) is 18.4. The van der Waals surface area contributed by atoms with Gasteiger partial charge in [-0.15, -0.1) is 25.6 Å². The predicted molar refractivity (Wildman–Crippen MR) is 79.5 cm³/mol. The van der Waals surface area contributed by atoms with Crippen LogP contribution < -0.4 is 10.5 Å². The Morgan fingerprint density at radius 2 is 1.68 bits per heavy atom. The van der Waals surface area contributed by atoms with E-state index in [1.807, 2.05) is 0 Å². The van der Waals surface area contributed by atoms with E-state index in [1.54, 1.807) is 12.1 Å². The van der Waals surface area contributed by atoms with Crippen LogP contribution in [-0.4, -0.2) is 11.5 Å². The molecule has 0 radical (unpaired) electrons. The standard InChI is InChI=1S/C14H11ClF3NO2.ClH/c15-11-3-1-2-10(13(11)20)12(19)8-4-6-9(7-5-8)21-14(16,17)18;/h1-7,12,20H,19H2;1H/t12-;/m1./s1. The topological polar surface area (TPSA) is 55.5 Å². The average molecular weight is 354 g/mol. The zero-order chi connectivity index (χ0) is 15.6. The van der Waals surface area contributed by atoms with Gasteiger partial charge in [0, 0.05) is 5.56 Å². The summed E-state index contributed by atoms with van der Waals surface area (Å²) in [5.41, 5.74) is 6.88. The Morgan fingerprint density at radius 1 is 1.09 bits per heavy atom. The van der Waals surface area contributed by atoms with Crippen LogP contribution in [-0.2, 0) is 0 Å². The molecule has 0 amide bonds. The lowest BCUT2D eigenvalue weighted by Crippen LogP contribution is -2.17. The molecule has 3 N–H and O–H groups in total. The van der Waals surface area contributed by atoms with Crippen molar-refractivity contribution in [2.24, 2.45) is 5.73 Å². The van der Waals surface area contributed by atoms with Crippen LogP contribution in [0.25, 0.3) is 0 Å². The molecule has 0 aliphatic rings. The van der Waals surface area contributed by atoms with Crippen LogP contribution in [0.5, 0.6) is 11.5 Å². The maximum atomic E-state index is 12.1. The van der Waals surface area contributed by atoms with E-state index in [2.05, 4.69) is 4.74 Å². The molecule has 0 unspecified atom stereocenters. The van der Waals surface area contributed by atoms with Gasteiger partial charge in [-0.1, -0.05) is 35.9 Å². The normalized spacial score (nSPS) is 12.4. The molecule has 120 valence electrons. The summed E-state index contributed by atoms with van der Waals surface area (Å²) in [6, 6.07) is 9.11. The highest BCUT2D eigenvalue weighted by molar-refractivity contribution is 6.32. The van der Waals surface area contributed by atoms with Gasteiger partial charge < -0.3 is 15.6 Å². The first-order chi connectivity index (χ1) is 9.78. The van der Waals surface area contributed by atoms with Crippen molar-refractivity contribution in [1.82, 2.24) is 0 Å². The van der Waals surface area contributed by atoms with Gasteiger partial charge in [0.2, 0.25) is 0 Å². The summed E-state index contributed by atoms with van der Waals surface area (Å²) in [6.45, 7) is 0. The quantitative estimate of drug-likeness (QED) is 0.858. The zero-order valence-corrected chi connectivity index (χ0v) is 12.5.